The van der Waals surface area contributed by atoms with Crippen LogP contribution in [0.5, 0.6) is 11.5 Å². The molecule has 1 heterocycles. The highest BCUT2D eigenvalue weighted by Gasteiger charge is 2.13. The Labute approximate surface area is 159 Å². The Morgan fingerprint density at radius 2 is 1.92 bits per heavy atom. The summed E-state index contributed by atoms with van der Waals surface area (Å²) in [6, 6.07) is 9.51. The lowest BCUT2D eigenvalue weighted by Crippen LogP contribution is -2.44. The Balaban J connectivity index is 1.51. The molecule has 9 heteroatoms. The Morgan fingerprint density at radius 1 is 1.15 bits per heavy atom. The van der Waals surface area contributed by atoms with Gasteiger partial charge in [-0.3, -0.25) is 15.6 Å². The molecule has 0 spiro atoms. The molecule has 0 atom stereocenters. The number of amides is 1. The number of benzene rings is 2. The fourth-order valence-electron chi connectivity index (χ4n) is 2.32. The summed E-state index contributed by atoms with van der Waals surface area (Å²) in [5.41, 5.74) is 5.74. The van der Waals surface area contributed by atoms with E-state index in [9.17, 15) is 9.18 Å². The van der Waals surface area contributed by atoms with E-state index in [0.717, 1.165) is 0 Å². The number of ether oxygens (including phenoxy) is 2. The molecule has 26 heavy (non-hydrogen) atoms. The van der Waals surface area contributed by atoms with Gasteiger partial charge in [-0.2, -0.15) is 0 Å². The molecule has 0 aromatic heterocycles. The second kappa shape index (κ2) is 8.20. The smallest absolute Gasteiger partial charge is 0.242 e. The molecular weight excluding hydrogens is 381 g/mol. The first kappa shape index (κ1) is 18.2. The number of thiocarbonyl (C=S) groups is 1. The SMILES string of the molecule is O=C(Cc1c(F)cccc1Cl)NNC(=S)Nc1ccc2c(c1)OCCO2. The lowest BCUT2D eigenvalue weighted by atomic mass is 10.1. The lowest BCUT2D eigenvalue weighted by molar-refractivity contribution is -0.121. The number of rotatable bonds is 3. The van der Waals surface area contributed by atoms with E-state index in [-0.39, 0.29) is 22.1 Å². The number of hydrogen-bond acceptors (Lipinski definition) is 4. The van der Waals surface area contributed by atoms with Gasteiger partial charge in [0.1, 0.15) is 19.0 Å². The molecule has 2 aromatic carbocycles. The van der Waals surface area contributed by atoms with Gasteiger partial charge in [0, 0.05) is 22.3 Å². The monoisotopic (exact) mass is 395 g/mol. The topological polar surface area (TPSA) is 71.6 Å². The van der Waals surface area contributed by atoms with Gasteiger partial charge in [-0.1, -0.05) is 17.7 Å². The van der Waals surface area contributed by atoms with E-state index in [4.69, 9.17) is 33.3 Å². The molecule has 0 saturated heterocycles. The van der Waals surface area contributed by atoms with Crippen LogP contribution >= 0.6 is 23.8 Å². The average Bonchev–Trinajstić information content (AvgIpc) is 2.63. The summed E-state index contributed by atoms with van der Waals surface area (Å²) in [4.78, 5) is 11.9. The first-order chi connectivity index (χ1) is 12.5. The van der Waals surface area contributed by atoms with Gasteiger partial charge in [0.2, 0.25) is 5.91 Å². The number of hydrogen-bond donors (Lipinski definition) is 3. The second-order valence-corrected chi connectivity index (χ2v) is 6.18. The number of fused-ring (bicyclic) bond motifs is 1. The molecule has 3 rings (SSSR count). The summed E-state index contributed by atoms with van der Waals surface area (Å²) in [5, 5.41) is 3.26. The van der Waals surface area contributed by atoms with Crippen LogP contribution in [0.15, 0.2) is 36.4 Å². The van der Waals surface area contributed by atoms with Gasteiger partial charge >= 0.3 is 0 Å². The first-order valence-corrected chi connectivity index (χ1v) is 8.50. The molecule has 2 aromatic rings. The van der Waals surface area contributed by atoms with Gasteiger partial charge in [-0.05, 0) is 36.5 Å². The lowest BCUT2D eigenvalue weighted by Gasteiger charge is -2.19. The highest BCUT2D eigenvalue weighted by Crippen LogP contribution is 2.32. The molecule has 0 bridgehead atoms. The van der Waals surface area contributed by atoms with Crippen molar-refractivity contribution in [2.45, 2.75) is 6.42 Å². The maximum absolute atomic E-state index is 13.7. The third kappa shape index (κ3) is 4.53. The Hall–Kier alpha value is -2.58. The molecule has 0 unspecified atom stereocenters. The van der Waals surface area contributed by atoms with Crippen molar-refractivity contribution in [3.05, 3.63) is 52.8 Å². The van der Waals surface area contributed by atoms with Crippen LogP contribution in [0, 0.1) is 5.82 Å². The molecule has 6 nitrogen and oxygen atoms in total. The van der Waals surface area contributed by atoms with Gasteiger partial charge < -0.3 is 14.8 Å². The fourth-order valence-corrected chi connectivity index (χ4v) is 2.71. The van der Waals surface area contributed by atoms with Gasteiger partial charge in [-0.15, -0.1) is 0 Å². The van der Waals surface area contributed by atoms with Crippen molar-refractivity contribution < 1.29 is 18.7 Å². The maximum Gasteiger partial charge on any atom is 0.242 e. The van der Waals surface area contributed by atoms with Crippen LogP contribution in [-0.2, 0) is 11.2 Å². The van der Waals surface area contributed by atoms with E-state index in [2.05, 4.69) is 16.2 Å². The van der Waals surface area contributed by atoms with Gasteiger partial charge in [-0.25, -0.2) is 4.39 Å². The van der Waals surface area contributed by atoms with Crippen molar-refractivity contribution in [3.63, 3.8) is 0 Å². The summed E-state index contributed by atoms with van der Waals surface area (Å²) in [7, 11) is 0. The molecule has 136 valence electrons. The zero-order valence-corrected chi connectivity index (χ0v) is 15.0. The van der Waals surface area contributed by atoms with Crippen LogP contribution in [0.25, 0.3) is 0 Å². The van der Waals surface area contributed by atoms with Crippen LogP contribution in [0.3, 0.4) is 0 Å². The van der Waals surface area contributed by atoms with Gasteiger partial charge in [0.05, 0.1) is 6.42 Å². The average molecular weight is 396 g/mol. The number of nitrogens with one attached hydrogen (secondary N) is 3. The van der Waals surface area contributed by atoms with Crippen LogP contribution < -0.4 is 25.6 Å². The number of carbonyl (C=O) groups excluding carboxylic acids is 1. The Morgan fingerprint density at radius 3 is 2.69 bits per heavy atom. The molecule has 3 N–H and O–H groups in total. The summed E-state index contributed by atoms with van der Waals surface area (Å²) >= 11 is 11.0. The fraction of sp³-hybridized carbons (Fsp3) is 0.176. The number of anilines is 1. The minimum atomic E-state index is -0.537. The van der Waals surface area contributed by atoms with Crippen molar-refractivity contribution in [2.24, 2.45) is 0 Å². The minimum Gasteiger partial charge on any atom is -0.486 e. The molecule has 0 radical (unpaired) electrons. The van der Waals surface area contributed by atoms with Gasteiger partial charge in [0.15, 0.2) is 16.6 Å². The third-order valence-electron chi connectivity index (χ3n) is 3.51. The summed E-state index contributed by atoms with van der Waals surface area (Å²) in [5.74, 6) is 0.256. The van der Waals surface area contributed by atoms with E-state index in [1.165, 1.54) is 18.2 Å². The summed E-state index contributed by atoms with van der Waals surface area (Å²) < 4.78 is 24.6. The maximum atomic E-state index is 13.7. The Kier molecular flexibility index (Phi) is 5.75. The largest absolute Gasteiger partial charge is 0.486 e. The van der Waals surface area contributed by atoms with Crippen LogP contribution in [0.1, 0.15) is 5.56 Å². The molecule has 0 saturated carbocycles. The molecular formula is C17H15ClFN3O3S. The summed E-state index contributed by atoms with van der Waals surface area (Å²) in [6.07, 6.45) is -0.217. The quantitative estimate of drug-likeness (QED) is 0.548. The van der Waals surface area contributed by atoms with Crippen molar-refractivity contribution in [3.8, 4) is 11.5 Å². The zero-order chi connectivity index (χ0) is 18.5. The van der Waals surface area contributed by atoms with Crippen molar-refractivity contribution >= 4 is 40.5 Å². The first-order valence-electron chi connectivity index (χ1n) is 7.71. The highest BCUT2D eigenvalue weighted by atomic mass is 35.5. The van der Waals surface area contributed by atoms with Crippen LogP contribution in [0.2, 0.25) is 5.02 Å². The van der Waals surface area contributed by atoms with E-state index < -0.39 is 11.7 Å². The van der Waals surface area contributed by atoms with Crippen molar-refractivity contribution in [1.29, 1.82) is 0 Å². The third-order valence-corrected chi connectivity index (χ3v) is 4.07. The zero-order valence-electron chi connectivity index (χ0n) is 13.5. The van der Waals surface area contributed by atoms with E-state index in [1.54, 1.807) is 18.2 Å². The van der Waals surface area contributed by atoms with E-state index >= 15 is 0 Å². The normalized spacial score (nSPS) is 12.2. The van der Waals surface area contributed by atoms with Crippen LogP contribution in [0.4, 0.5) is 10.1 Å². The summed E-state index contributed by atoms with van der Waals surface area (Å²) in [6.45, 7) is 0.992. The van der Waals surface area contributed by atoms with Crippen molar-refractivity contribution in [2.75, 3.05) is 18.5 Å². The van der Waals surface area contributed by atoms with E-state index in [0.29, 0.717) is 30.4 Å². The van der Waals surface area contributed by atoms with E-state index in [1.807, 2.05) is 0 Å². The predicted molar refractivity (Wildman–Crippen MR) is 100 cm³/mol. The molecule has 1 aliphatic heterocycles. The molecule has 0 fully saturated rings. The Bertz CT molecular complexity index is 830. The molecule has 1 aliphatic rings. The number of hydrazine groups is 1. The van der Waals surface area contributed by atoms with Crippen molar-refractivity contribution in [1.82, 2.24) is 10.9 Å². The minimum absolute atomic E-state index is 0.124. The number of halogens is 2. The molecule has 0 aliphatic carbocycles. The predicted octanol–water partition coefficient (Wildman–Crippen LogP) is 2.81. The highest BCUT2D eigenvalue weighted by molar-refractivity contribution is 7.80. The number of carbonyl (C=O) groups is 1. The van der Waals surface area contributed by atoms with Gasteiger partial charge in [0.25, 0.3) is 0 Å². The second-order valence-electron chi connectivity index (χ2n) is 5.36. The van der Waals surface area contributed by atoms with Crippen LogP contribution in [-0.4, -0.2) is 24.2 Å². The standard InChI is InChI=1S/C17H15ClFN3O3S/c18-12-2-1-3-13(19)11(12)9-16(23)21-22-17(26)20-10-4-5-14-15(8-10)25-7-6-24-14/h1-5,8H,6-7,9H2,(H,21,23)(H2,20,22,26). The molecule has 1 amide bonds.